The van der Waals surface area contributed by atoms with Crippen LogP contribution in [-0.4, -0.2) is 54.5 Å². The molecule has 0 unspecified atom stereocenters. The minimum atomic E-state index is -4.58. The van der Waals surface area contributed by atoms with E-state index in [1.165, 1.54) is 18.2 Å². The van der Waals surface area contributed by atoms with E-state index in [4.69, 9.17) is 0 Å². The van der Waals surface area contributed by atoms with E-state index in [0.717, 1.165) is 4.90 Å². The molecule has 0 bridgehead atoms. The number of rotatable bonds is 7. The van der Waals surface area contributed by atoms with Gasteiger partial charge in [-0.1, -0.05) is 13.8 Å². The molecule has 0 radical (unpaired) electrons. The number of fused-ring (bicyclic) bond motifs is 1. The van der Waals surface area contributed by atoms with Crippen molar-refractivity contribution in [3.05, 3.63) is 34.9 Å². The number of nitrogens with one attached hydrogen (secondary N) is 1. The van der Waals surface area contributed by atoms with Gasteiger partial charge in [-0.25, -0.2) is 4.79 Å². The summed E-state index contributed by atoms with van der Waals surface area (Å²) >= 11 is 0. The van der Waals surface area contributed by atoms with Gasteiger partial charge in [0.05, 0.1) is 16.7 Å². The molecule has 1 aromatic rings. The highest BCUT2D eigenvalue weighted by Gasteiger charge is 2.36. The Morgan fingerprint density at radius 3 is 2.39 bits per heavy atom. The number of hydrogen-bond acceptors (Lipinski definition) is 5. The number of amides is 3. The molecule has 1 aromatic carbocycles. The van der Waals surface area contributed by atoms with Crippen molar-refractivity contribution < 1.29 is 37.1 Å². The van der Waals surface area contributed by atoms with Crippen LogP contribution in [0.3, 0.4) is 0 Å². The lowest BCUT2D eigenvalue weighted by Gasteiger charge is -2.14. The predicted octanol–water partition coefficient (Wildman–Crippen LogP) is 2.16. The summed E-state index contributed by atoms with van der Waals surface area (Å²) in [5.74, 6) is -2.80. The van der Waals surface area contributed by atoms with Crippen LogP contribution in [0.15, 0.2) is 18.2 Å². The zero-order chi connectivity index (χ0) is 21.1. The molecule has 0 atom stereocenters. The van der Waals surface area contributed by atoms with Gasteiger partial charge in [0, 0.05) is 6.54 Å². The third kappa shape index (κ3) is 5.30. The third-order valence-electron chi connectivity index (χ3n) is 3.96. The number of carbonyl (C=O) groups is 4. The third-order valence-corrected chi connectivity index (χ3v) is 3.96. The maximum Gasteiger partial charge on any atom is 0.405 e. The van der Waals surface area contributed by atoms with Crippen LogP contribution in [0.4, 0.5) is 13.2 Å². The minimum absolute atomic E-state index is 0.0460. The van der Waals surface area contributed by atoms with Crippen LogP contribution in [0.5, 0.6) is 0 Å². The Labute approximate surface area is 158 Å². The van der Waals surface area contributed by atoms with E-state index in [0.29, 0.717) is 12.3 Å². The number of carbonyl (C=O) groups excluding carboxylic acids is 4. The van der Waals surface area contributed by atoms with Crippen molar-refractivity contribution in [1.29, 1.82) is 0 Å². The van der Waals surface area contributed by atoms with Gasteiger partial charge in [0.2, 0.25) is 0 Å². The minimum Gasteiger partial charge on any atom is -0.452 e. The van der Waals surface area contributed by atoms with Crippen LogP contribution in [0.2, 0.25) is 0 Å². The zero-order valence-electron chi connectivity index (χ0n) is 15.3. The monoisotopic (exact) mass is 400 g/mol. The Bertz CT molecular complexity index is 805. The molecule has 7 nitrogen and oxygen atoms in total. The fraction of sp³-hybridized carbons (Fsp3) is 0.444. The molecule has 0 saturated heterocycles. The van der Waals surface area contributed by atoms with Crippen molar-refractivity contribution >= 4 is 23.7 Å². The van der Waals surface area contributed by atoms with Crippen LogP contribution in [0.1, 0.15) is 51.3 Å². The van der Waals surface area contributed by atoms with Gasteiger partial charge in [-0.15, -0.1) is 0 Å². The molecular formula is C18H19F3N2O5. The molecule has 1 heterocycles. The standard InChI is InChI=1S/C18H19F3N2O5/c1-10(2)5-6-23-15(25)12-4-3-11(7-13(12)16(23)26)17(27)28-8-14(24)22-9-18(19,20)21/h3-4,7,10H,5-6,8-9H2,1-2H3,(H,22,24). The normalized spacial score (nSPS) is 13.7. The molecule has 28 heavy (non-hydrogen) atoms. The first-order valence-electron chi connectivity index (χ1n) is 8.50. The van der Waals surface area contributed by atoms with E-state index >= 15 is 0 Å². The molecule has 1 aliphatic heterocycles. The van der Waals surface area contributed by atoms with Crippen molar-refractivity contribution in [2.75, 3.05) is 19.7 Å². The van der Waals surface area contributed by atoms with Crippen LogP contribution >= 0.6 is 0 Å². The zero-order valence-corrected chi connectivity index (χ0v) is 15.3. The average Bonchev–Trinajstić information content (AvgIpc) is 2.85. The maximum absolute atomic E-state index is 12.4. The Morgan fingerprint density at radius 1 is 1.14 bits per heavy atom. The van der Waals surface area contributed by atoms with Crippen molar-refractivity contribution in [3.8, 4) is 0 Å². The molecule has 152 valence electrons. The van der Waals surface area contributed by atoms with Gasteiger partial charge in [0.25, 0.3) is 17.7 Å². The average molecular weight is 400 g/mol. The summed E-state index contributed by atoms with van der Waals surface area (Å²) in [6, 6.07) is 3.75. The number of nitrogens with zero attached hydrogens (tertiary/aromatic N) is 1. The SMILES string of the molecule is CC(C)CCN1C(=O)c2ccc(C(=O)OCC(=O)NCC(F)(F)F)cc2C1=O. The van der Waals surface area contributed by atoms with Crippen LogP contribution < -0.4 is 5.32 Å². The number of imide groups is 1. The first kappa shape index (κ1) is 21.4. The molecule has 0 saturated carbocycles. The number of ether oxygens (including phenoxy) is 1. The van der Waals surface area contributed by atoms with Gasteiger partial charge < -0.3 is 10.1 Å². The van der Waals surface area contributed by atoms with Crippen molar-refractivity contribution in [1.82, 2.24) is 10.2 Å². The van der Waals surface area contributed by atoms with Gasteiger partial charge in [-0.3, -0.25) is 19.3 Å². The van der Waals surface area contributed by atoms with Crippen LogP contribution in [0, 0.1) is 5.92 Å². The molecule has 0 spiro atoms. The first-order chi connectivity index (χ1) is 13.0. The largest absolute Gasteiger partial charge is 0.452 e. The number of halogens is 3. The molecule has 1 N–H and O–H groups in total. The van der Waals surface area contributed by atoms with Gasteiger partial charge >= 0.3 is 12.1 Å². The maximum atomic E-state index is 12.4. The fourth-order valence-electron chi connectivity index (χ4n) is 2.47. The molecular weight excluding hydrogens is 381 g/mol. The summed E-state index contributed by atoms with van der Waals surface area (Å²) in [6.07, 6.45) is -3.94. The van der Waals surface area contributed by atoms with Gasteiger partial charge in [0.15, 0.2) is 6.61 Å². The summed E-state index contributed by atoms with van der Waals surface area (Å²) in [4.78, 5) is 49.1. The highest BCUT2D eigenvalue weighted by Crippen LogP contribution is 2.25. The second-order valence-corrected chi connectivity index (χ2v) is 6.67. The number of esters is 1. The van der Waals surface area contributed by atoms with Crippen LogP contribution in [0.25, 0.3) is 0 Å². The van der Waals surface area contributed by atoms with E-state index in [-0.39, 0.29) is 23.2 Å². The fourth-order valence-corrected chi connectivity index (χ4v) is 2.47. The summed E-state index contributed by atoms with van der Waals surface area (Å²) in [5.41, 5.74) is 0.118. The lowest BCUT2D eigenvalue weighted by Crippen LogP contribution is -2.36. The number of hydrogen-bond donors (Lipinski definition) is 1. The summed E-state index contributed by atoms with van der Waals surface area (Å²) in [6.45, 7) is 1.72. The molecule has 0 aromatic heterocycles. The Balaban J connectivity index is 2.00. The Morgan fingerprint density at radius 2 is 1.79 bits per heavy atom. The number of alkyl halides is 3. The second-order valence-electron chi connectivity index (χ2n) is 6.67. The molecule has 10 heteroatoms. The first-order valence-corrected chi connectivity index (χ1v) is 8.50. The highest BCUT2D eigenvalue weighted by atomic mass is 19.4. The summed E-state index contributed by atoms with van der Waals surface area (Å²) in [7, 11) is 0. The van der Waals surface area contributed by atoms with Crippen LogP contribution in [-0.2, 0) is 9.53 Å². The summed E-state index contributed by atoms with van der Waals surface area (Å²) in [5, 5.41) is 1.57. The van der Waals surface area contributed by atoms with E-state index in [2.05, 4.69) is 4.74 Å². The summed E-state index contributed by atoms with van der Waals surface area (Å²) < 4.78 is 40.7. The van der Waals surface area contributed by atoms with E-state index in [1.807, 2.05) is 13.8 Å². The van der Waals surface area contributed by atoms with Gasteiger partial charge in [-0.2, -0.15) is 13.2 Å². The van der Waals surface area contributed by atoms with E-state index in [1.54, 1.807) is 5.32 Å². The van der Waals surface area contributed by atoms with Crippen molar-refractivity contribution in [2.24, 2.45) is 5.92 Å². The lowest BCUT2D eigenvalue weighted by molar-refractivity contribution is -0.140. The molecule has 1 aliphatic rings. The van der Waals surface area contributed by atoms with Gasteiger partial charge in [0.1, 0.15) is 6.54 Å². The molecule has 0 fully saturated rings. The van der Waals surface area contributed by atoms with Gasteiger partial charge in [-0.05, 0) is 30.5 Å². The predicted molar refractivity (Wildman–Crippen MR) is 90.6 cm³/mol. The Hall–Kier alpha value is -2.91. The quantitative estimate of drug-likeness (QED) is 0.559. The number of benzene rings is 1. The van der Waals surface area contributed by atoms with E-state index in [9.17, 15) is 32.3 Å². The highest BCUT2D eigenvalue weighted by molar-refractivity contribution is 6.21. The Kier molecular flexibility index (Phi) is 6.42. The topological polar surface area (TPSA) is 92.8 Å². The second kappa shape index (κ2) is 8.41. The molecule has 2 rings (SSSR count). The molecule has 3 amide bonds. The lowest BCUT2D eigenvalue weighted by atomic mass is 10.1. The smallest absolute Gasteiger partial charge is 0.405 e. The van der Waals surface area contributed by atoms with Crippen molar-refractivity contribution in [3.63, 3.8) is 0 Å². The van der Waals surface area contributed by atoms with E-state index < -0.39 is 43.0 Å². The molecule has 0 aliphatic carbocycles. The van der Waals surface area contributed by atoms with Crippen molar-refractivity contribution in [2.45, 2.75) is 26.4 Å².